The molecule has 3 nitrogen and oxygen atoms in total. The van der Waals surface area contributed by atoms with Crippen molar-refractivity contribution in [2.45, 2.75) is 117 Å². The Bertz CT molecular complexity index is 266. The van der Waals surface area contributed by atoms with Crippen LogP contribution in [0.4, 0.5) is 0 Å². The van der Waals surface area contributed by atoms with Crippen LogP contribution in [0.2, 0.25) is 0 Å². The van der Waals surface area contributed by atoms with Gasteiger partial charge in [0, 0.05) is 13.0 Å². The predicted octanol–water partition coefficient (Wildman–Crippen LogP) is 6.83. The summed E-state index contributed by atoms with van der Waals surface area (Å²) < 4.78 is 10.5. The maximum Gasteiger partial charge on any atom is 0.305 e. The van der Waals surface area contributed by atoms with Crippen LogP contribution in [0.25, 0.3) is 0 Å². The van der Waals surface area contributed by atoms with Crippen LogP contribution >= 0.6 is 0 Å². The van der Waals surface area contributed by atoms with Gasteiger partial charge in [0.2, 0.25) is 0 Å². The first-order valence-corrected chi connectivity index (χ1v) is 11.0. The molecule has 25 heavy (non-hydrogen) atoms. The summed E-state index contributed by atoms with van der Waals surface area (Å²) in [6.45, 7) is 5.99. The highest BCUT2D eigenvalue weighted by molar-refractivity contribution is 5.69. The molecule has 0 rings (SSSR count). The van der Waals surface area contributed by atoms with E-state index in [9.17, 15) is 4.79 Å². The lowest BCUT2D eigenvalue weighted by Crippen LogP contribution is -2.10. The molecule has 0 radical (unpaired) electrons. The predicted molar refractivity (Wildman–Crippen MR) is 107 cm³/mol. The van der Waals surface area contributed by atoms with Gasteiger partial charge in [0.05, 0.1) is 6.61 Å². The van der Waals surface area contributed by atoms with E-state index in [0.717, 1.165) is 19.4 Å². The van der Waals surface area contributed by atoms with Crippen LogP contribution in [0.3, 0.4) is 0 Å². The summed E-state index contributed by atoms with van der Waals surface area (Å²) in [5, 5.41) is 0. The van der Waals surface area contributed by atoms with Crippen LogP contribution in [0.15, 0.2) is 0 Å². The molecule has 0 heterocycles. The summed E-state index contributed by atoms with van der Waals surface area (Å²) in [6, 6.07) is 0. The Labute approximate surface area is 157 Å². The van der Waals surface area contributed by atoms with Gasteiger partial charge in [-0.1, -0.05) is 97.3 Å². The molecule has 150 valence electrons. The van der Waals surface area contributed by atoms with Crippen molar-refractivity contribution in [1.82, 2.24) is 0 Å². The SMILES string of the molecule is CCCCCCCCCCCCCCCCOCCOC(=O)CCC. The first kappa shape index (κ1) is 24.4. The average Bonchev–Trinajstić information content (AvgIpc) is 2.61. The van der Waals surface area contributed by atoms with E-state index in [1.807, 2.05) is 6.92 Å². The number of carbonyl (C=O) groups is 1. The minimum absolute atomic E-state index is 0.109. The third-order valence-corrected chi connectivity index (χ3v) is 4.59. The number of rotatable bonds is 20. The summed E-state index contributed by atoms with van der Waals surface area (Å²) in [7, 11) is 0. The maximum atomic E-state index is 11.1. The van der Waals surface area contributed by atoms with E-state index in [2.05, 4.69) is 6.92 Å². The van der Waals surface area contributed by atoms with E-state index in [1.165, 1.54) is 83.5 Å². The van der Waals surface area contributed by atoms with Gasteiger partial charge < -0.3 is 9.47 Å². The molecule has 0 spiro atoms. The maximum absolute atomic E-state index is 11.1. The summed E-state index contributed by atoms with van der Waals surface area (Å²) in [6.07, 6.45) is 20.6. The van der Waals surface area contributed by atoms with E-state index < -0.39 is 0 Å². The quantitative estimate of drug-likeness (QED) is 0.177. The molecular weight excluding hydrogens is 312 g/mol. The molecule has 0 N–H and O–H groups in total. The molecular formula is C22H44O3. The lowest BCUT2D eigenvalue weighted by atomic mass is 10.0. The fraction of sp³-hybridized carbons (Fsp3) is 0.955. The van der Waals surface area contributed by atoms with Crippen molar-refractivity contribution >= 4 is 5.97 Å². The van der Waals surface area contributed by atoms with Gasteiger partial charge in [0.1, 0.15) is 6.61 Å². The first-order valence-electron chi connectivity index (χ1n) is 11.0. The molecule has 0 saturated carbocycles. The van der Waals surface area contributed by atoms with Gasteiger partial charge in [-0.3, -0.25) is 4.79 Å². The van der Waals surface area contributed by atoms with Crippen molar-refractivity contribution in [3.63, 3.8) is 0 Å². The minimum atomic E-state index is -0.109. The Hall–Kier alpha value is -0.570. The van der Waals surface area contributed by atoms with Gasteiger partial charge in [-0.2, -0.15) is 0 Å². The first-order chi connectivity index (χ1) is 12.3. The summed E-state index contributed by atoms with van der Waals surface area (Å²) in [4.78, 5) is 11.1. The highest BCUT2D eigenvalue weighted by Gasteiger charge is 1.99. The van der Waals surface area contributed by atoms with Gasteiger partial charge in [-0.25, -0.2) is 0 Å². The molecule has 0 aliphatic rings. The average molecular weight is 357 g/mol. The number of esters is 1. The van der Waals surface area contributed by atoms with Gasteiger partial charge in [-0.05, 0) is 12.8 Å². The fourth-order valence-electron chi connectivity index (χ4n) is 2.99. The zero-order valence-corrected chi connectivity index (χ0v) is 17.2. The van der Waals surface area contributed by atoms with E-state index >= 15 is 0 Å². The Balaban J connectivity index is 3.02. The molecule has 0 aliphatic heterocycles. The van der Waals surface area contributed by atoms with E-state index in [1.54, 1.807) is 0 Å². The number of hydrogen-bond donors (Lipinski definition) is 0. The van der Waals surface area contributed by atoms with Gasteiger partial charge in [0.15, 0.2) is 0 Å². The van der Waals surface area contributed by atoms with Gasteiger partial charge >= 0.3 is 5.97 Å². The summed E-state index contributed by atoms with van der Waals surface area (Å²) >= 11 is 0. The molecule has 0 saturated heterocycles. The van der Waals surface area contributed by atoms with Crippen molar-refractivity contribution in [2.75, 3.05) is 19.8 Å². The molecule has 0 bridgehead atoms. The van der Waals surface area contributed by atoms with E-state index in [4.69, 9.17) is 9.47 Å². The normalized spacial score (nSPS) is 11.0. The number of ether oxygens (including phenoxy) is 2. The van der Waals surface area contributed by atoms with Crippen molar-refractivity contribution in [2.24, 2.45) is 0 Å². The van der Waals surface area contributed by atoms with E-state index in [0.29, 0.717) is 19.6 Å². The Kier molecular flexibility index (Phi) is 21.0. The standard InChI is InChI=1S/C22H44O3/c1-3-5-6-7-8-9-10-11-12-13-14-15-16-17-19-24-20-21-25-22(23)18-4-2/h3-21H2,1-2H3. The van der Waals surface area contributed by atoms with Crippen molar-refractivity contribution in [3.8, 4) is 0 Å². The van der Waals surface area contributed by atoms with Crippen molar-refractivity contribution < 1.29 is 14.3 Å². The van der Waals surface area contributed by atoms with Gasteiger partial charge in [0.25, 0.3) is 0 Å². The fourth-order valence-corrected chi connectivity index (χ4v) is 2.99. The second-order valence-corrected chi connectivity index (χ2v) is 7.18. The lowest BCUT2D eigenvalue weighted by molar-refractivity contribution is -0.145. The second-order valence-electron chi connectivity index (χ2n) is 7.18. The largest absolute Gasteiger partial charge is 0.463 e. The van der Waals surface area contributed by atoms with Crippen LogP contribution in [-0.2, 0) is 14.3 Å². The zero-order valence-electron chi connectivity index (χ0n) is 17.2. The molecule has 0 aliphatic carbocycles. The third kappa shape index (κ3) is 21.4. The molecule has 0 aromatic rings. The Morgan fingerprint density at radius 3 is 1.52 bits per heavy atom. The van der Waals surface area contributed by atoms with E-state index in [-0.39, 0.29) is 5.97 Å². The molecule has 0 amide bonds. The van der Waals surface area contributed by atoms with Crippen LogP contribution in [-0.4, -0.2) is 25.8 Å². The summed E-state index contributed by atoms with van der Waals surface area (Å²) in [5.41, 5.74) is 0. The topological polar surface area (TPSA) is 35.5 Å². The van der Waals surface area contributed by atoms with Crippen molar-refractivity contribution in [1.29, 1.82) is 0 Å². The zero-order chi connectivity index (χ0) is 18.4. The molecule has 3 heteroatoms. The highest BCUT2D eigenvalue weighted by atomic mass is 16.6. The van der Waals surface area contributed by atoms with Crippen molar-refractivity contribution in [3.05, 3.63) is 0 Å². The smallest absolute Gasteiger partial charge is 0.305 e. The molecule has 0 aromatic carbocycles. The summed E-state index contributed by atoms with van der Waals surface area (Å²) in [5.74, 6) is -0.109. The number of hydrogen-bond acceptors (Lipinski definition) is 3. The molecule has 0 fully saturated rings. The lowest BCUT2D eigenvalue weighted by Gasteiger charge is -2.06. The Morgan fingerprint density at radius 2 is 1.04 bits per heavy atom. The molecule has 0 aromatic heterocycles. The highest BCUT2D eigenvalue weighted by Crippen LogP contribution is 2.12. The van der Waals surface area contributed by atoms with Gasteiger partial charge in [-0.15, -0.1) is 0 Å². The minimum Gasteiger partial charge on any atom is -0.463 e. The van der Waals surface area contributed by atoms with Crippen LogP contribution < -0.4 is 0 Å². The van der Waals surface area contributed by atoms with Crippen LogP contribution in [0.5, 0.6) is 0 Å². The second kappa shape index (κ2) is 21.5. The molecule has 0 unspecified atom stereocenters. The Morgan fingerprint density at radius 1 is 0.560 bits per heavy atom. The number of carbonyl (C=O) groups excluding carboxylic acids is 1. The monoisotopic (exact) mass is 356 g/mol. The van der Waals surface area contributed by atoms with Crippen LogP contribution in [0.1, 0.15) is 117 Å². The van der Waals surface area contributed by atoms with Crippen LogP contribution in [0, 0.1) is 0 Å². The third-order valence-electron chi connectivity index (χ3n) is 4.59. The number of unbranched alkanes of at least 4 members (excludes halogenated alkanes) is 13. The molecule has 0 atom stereocenters.